The molecule has 2 atom stereocenters. The zero-order valence-electron chi connectivity index (χ0n) is 13.4. The number of benzene rings is 1. The summed E-state index contributed by atoms with van der Waals surface area (Å²) < 4.78 is 28.3. The largest absolute Gasteiger partial charge is 0.458 e. The number of hydrogen-bond acceptors (Lipinski definition) is 4. The van der Waals surface area contributed by atoms with Gasteiger partial charge in [0.1, 0.15) is 6.10 Å². The lowest BCUT2D eigenvalue weighted by Crippen LogP contribution is -2.27. The topological polar surface area (TPSA) is 86.5 Å². The van der Waals surface area contributed by atoms with Crippen molar-refractivity contribution in [1.29, 1.82) is 0 Å². The van der Waals surface area contributed by atoms with Crippen LogP contribution in [0.2, 0.25) is 0 Å². The normalized spacial score (nSPS) is 27.5. The SMILES string of the molecule is NS(=O)(=O)c1ccc(C(=O)OC2CCC3=CCC4(CC4)CC32)cc1. The standard InChI is InChI=1S/C18H21NO4S/c19-24(21,22)14-4-1-13(2-5-14)17(20)23-16-6-3-12-7-8-18(9-10-18)11-15(12)16/h1-2,4-5,7,15-16H,3,6,8-11H2,(H2,19,21,22). The Morgan fingerprint density at radius 3 is 2.54 bits per heavy atom. The molecule has 2 N–H and O–H groups in total. The Balaban J connectivity index is 1.46. The molecule has 4 rings (SSSR count). The van der Waals surface area contributed by atoms with Crippen molar-refractivity contribution in [2.75, 3.05) is 0 Å². The fourth-order valence-electron chi connectivity index (χ4n) is 4.06. The van der Waals surface area contributed by atoms with Crippen LogP contribution in [0.5, 0.6) is 0 Å². The predicted molar refractivity (Wildman–Crippen MR) is 88.7 cm³/mol. The zero-order chi connectivity index (χ0) is 16.9. The van der Waals surface area contributed by atoms with Gasteiger partial charge in [0, 0.05) is 5.92 Å². The summed E-state index contributed by atoms with van der Waals surface area (Å²) in [6, 6.07) is 5.59. The van der Waals surface area contributed by atoms with Crippen LogP contribution in [0.15, 0.2) is 40.8 Å². The molecule has 1 spiro atoms. The van der Waals surface area contributed by atoms with Gasteiger partial charge in [-0.15, -0.1) is 0 Å². The van der Waals surface area contributed by atoms with Gasteiger partial charge in [0.05, 0.1) is 10.5 Å². The second-order valence-corrected chi connectivity index (χ2v) is 8.91. The van der Waals surface area contributed by atoms with Crippen LogP contribution in [0, 0.1) is 11.3 Å². The Hall–Kier alpha value is -1.66. The number of hydrogen-bond donors (Lipinski definition) is 1. The summed E-state index contributed by atoms with van der Waals surface area (Å²) in [6.07, 6.45) is 9.13. The monoisotopic (exact) mass is 347 g/mol. The van der Waals surface area contributed by atoms with E-state index < -0.39 is 16.0 Å². The highest BCUT2D eigenvalue weighted by Crippen LogP contribution is 2.59. The predicted octanol–water partition coefficient (Wildman–Crippen LogP) is 2.77. The summed E-state index contributed by atoms with van der Waals surface area (Å²) in [6.45, 7) is 0. The molecule has 128 valence electrons. The highest BCUT2D eigenvalue weighted by molar-refractivity contribution is 7.89. The fourth-order valence-corrected chi connectivity index (χ4v) is 4.58. The van der Waals surface area contributed by atoms with E-state index in [2.05, 4.69) is 6.08 Å². The average Bonchev–Trinajstić information content (AvgIpc) is 3.19. The van der Waals surface area contributed by atoms with Gasteiger partial charge in [-0.1, -0.05) is 11.6 Å². The summed E-state index contributed by atoms with van der Waals surface area (Å²) in [5, 5.41) is 5.07. The van der Waals surface area contributed by atoms with Crippen LogP contribution in [-0.4, -0.2) is 20.5 Å². The van der Waals surface area contributed by atoms with Crippen molar-refractivity contribution in [1.82, 2.24) is 0 Å². The number of rotatable bonds is 3. The number of nitrogens with two attached hydrogens (primary N) is 1. The molecule has 3 aliphatic carbocycles. The number of carbonyl (C=O) groups is 1. The molecule has 2 saturated carbocycles. The third-order valence-corrected chi connectivity index (χ3v) is 6.66. The van der Waals surface area contributed by atoms with Gasteiger partial charge in [-0.05, 0) is 68.2 Å². The maximum atomic E-state index is 12.4. The van der Waals surface area contributed by atoms with Crippen molar-refractivity contribution in [3.05, 3.63) is 41.5 Å². The molecule has 0 bridgehead atoms. The van der Waals surface area contributed by atoms with Crippen molar-refractivity contribution in [3.8, 4) is 0 Å². The van der Waals surface area contributed by atoms with Crippen LogP contribution < -0.4 is 5.14 Å². The summed E-state index contributed by atoms with van der Waals surface area (Å²) in [4.78, 5) is 12.4. The Bertz CT molecular complexity index is 806. The van der Waals surface area contributed by atoms with E-state index in [1.807, 2.05) is 0 Å². The van der Waals surface area contributed by atoms with E-state index in [-0.39, 0.29) is 11.0 Å². The summed E-state index contributed by atoms with van der Waals surface area (Å²) in [7, 11) is -3.75. The van der Waals surface area contributed by atoms with Gasteiger partial charge in [0.15, 0.2) is 0 Å². The molecule has 2 fully saturated rings. The number of carbonyl (C=O) groups excluding carboxylic acids is 1. The minimum absolute atomic E-state index is 0.00640. The molecule has 1 aromatic rings. The van der Waals surface area contributed by atoms with E-state index in [0.29, 0.717) is 16.9 Å². The second kappa shape index (κ2) is 5.43. The van der Waals surface area contributed by atoms with Gasteiger partial charge in [0.25, 0.3) is 0 Å². The minimum Gasteiger partial charge on any atom is -0.458 e. The van der Waals surface area contributed by atoms with Crippen molar-refractivity contribution < 1.29 is 17.9 Å². The number of primary sulfonamides is 1. The molecule has 2 unspecified atom stereocenters. The summed E-state index contributed by atoms with van der Waals surface area (Å²) in [5.41, 5.74) is 2.30. The Morgan fingerprint density at radius 1 is 1.21 bits per heavy atom. The van der Waals surface area contributed by atoms with E-state index in [9.17, 15) is 13.2 Å². The van der Waals surface area contributed by atoms with Crippen LogP contribution in [0.25, 0.3) is 0 Å². The first-order valence-electron chi connectivity index (χ1n) is 8.39. The van der Waals surface area contributed by atoms with Gasteiger partial charge >= 0.3 is 5.97 Å². The third-order valence-electron chi connectivity index (χ3n) is 5.73. The minimum atomic E-state index is -3.75. The highest BCUT2D eigenvalue weighted by Gasteiger charge is 2.49. The number of fused-ring (bicyclic) bond motifs is 1. The molecule has 3 aliphatic rings. The number of ether oxygens (including phenoxy) is 1. The molecule has 0 aromatic heterocycles. The second-order valence-electron chi connectivity index (χ2n) is 7.35. The number of allylic oxidation sites excluding steroid dienone is 1. The van der Waals surface area contributed by atoms with E-state index in [1.54, 1.807) is 0 Å². The number of sulfonamides is 1. The summed E-state index contributed by atoms with van der Waals surface area (Å²) >= 11 is 0. The smallest absolute Gasteiger partial charge is 0.338 e. The van der Waals surface area contributed by atoms with E-state index in [4.69, 9.17) is 9.88 Å². The fraction of sp³-hybridized carbons (Fsp3) is 0.500. The lowest BCUT2D eigenvalue weighted by Gasteiger charge is -2.29. The van der Waals surface area contributed by atoms with Gasteiger partial charge in [-0.25, -0.2) is 18.4 Å². The first-order chi connectivity index (χ1) is 11.4. The Morgan fingerprint density at radius 2 is 1.92 bits per heavy atom. The Kier molecular flexibility index (Phi) is 3.58. The molecular formula is C18H21NO4S. The third kappa shape index (κ3) is 2.89. The van der Waals surface area contributed by atoms with Gasteiger partial charge in [-0.3, -0.25) is 0 Å². The molecule has 6 heteroatoms. The molecule has 0 aliphatic heterocycles. The lowest BCUT2D eigenvalue weighted by molar-refractivity contribution is 0.0191. The van der Waals surface area contributed by atoms with E-state index in [0.717, 1.165) is 19.3 Å². The molecule has 1 aromatic carbocycles. The average molecular weight is 347 g/mol. The maximum Gasteiger partial charge on any atom is 0.338 e. The zero-order valence-corrected chi connectivity index (χ0v) is 14.2. The van der Waals surface area contributed by atoms with E-state index >= 15 is 0 Å². The maximum absolute atomic E-state index is 12.4. The molecule has 0 heterocycles. The Labute approximate surface area is 141 Å². The first-order valence-corrected chi connectivity index (χ1v) is 9.94. The van der Waals surface area contributed by atoms with Gasteiger partial charge in [0.2, 0.25) is 10.0 Å². The molecular weight excluding hydrogens is 326 g/mol. The highest BCUT2D eigenvalue weighted by atomic mass is 32.2. The first kappa shape index (κ1) is 15.8. The van der Waals surface area contributed by atoms with Crippen LogP contribution in [0.4, 0.5) is 0 Å². The van der Waals surface area contributed by atoms with Crippen LogP contribution in [-0.2, 0) is 14.8 Å². The van der Waals surface area contributed by atoms with Crippen molar-refractivity contribution >= 4 is 16.0 Å². The van der Waals surface area contributed by atoms with Crippen molar-refractivity contribution in [3.63, 3.8) is 0 Å². The van der Waals surface area contributed by atoms with Gasteiger partial charge in [-0.2, -0.15) is 0 Å². The van der Waals surface area contributed by atoms with E-state index in [1.165, 1.54) is 49.1 Å². The molecule has 5 nitrogen and oxygen atoms in total. The van der Waals surface area contributed by atoms with Crippen LogP contribution >= 0.6 is 0 Å². The quantitative estimate of drug-likeness (QED) is 0.673. The van der Waals surface area contributed by atoms with Crippen molar-refractivity contribution in [2.45, 2.75) is 49.5 Å². The summed E-state index contributed by atoms with van der Waals surface area (Å²) in [5.74, 6) is -0.0217. The lowest BCUT2D eigenvalue weighted by atomic mass is 9.79. The molecule has 0 radical (unpaired) electrons. The number of esters is 1. The molecule has 24 heavy (non-hydrogen) atoms. The van der Waals surface area contributed by atoms with Crippen LogP contribution in [0.1, 0.15) is 48.9 Å². The van der Waals surface area contributed by atoms with Gasteiger partial charge < -0.3 is 4.74 Å². The van der Waals surface area contributed by atoms with Crippen molar-refractivity contribution in [2.24, 2.45) is 16.5 Å². The molecule has 0 amide bonds. The van der Waals surface area contributed by atoms with Crippen LogP contribution in [0.3, 0.4) is 0 Å². The molecule has 0 saturated heterocycles.